The van der Waals surface area contributed by atoms with Crippen molar-refractivity contribution in [3.63, 3.8) is 0 Å². The number of nitrogens with zero attached hydrogens (tertiary/aromatic N) is 4. The number of carbonyl (C=O) groups is 2. The fourth-order valence-electron chi connectivity index (χ4n) is 1.63. The molecule has 0 saturated carbocycles. The highest BCUT2D eigenvalue weighted by molar-refractivity contribution is 5.91. The van der Waals surface area contributed by atoms with Crippen LogP contribution >= 0.6 is 0 Å². The first-order valence-corrected chi connectivity index (χ1v) is 4.89. The lowest BCUT2D eigenvalue weighted by atomic mass is 9.96. The average molecular weight is 241 g/mol. The number of aliphatic carboxylic acids is 1. The van der Waals surface area contributed by atoms with Gasteiger partial charge in [0.15, 0.2) is 0 Å². The first kappa shape index (κ1) is 11.5. The van der Waals surface area contributed by atoms with Crippen molar-refractivity contribution in [1.82, 2.24) is 25.5 Å². The molecule has 1 amide bonds. The van der Waals surface area contributed by atoms with Crippen molar-refractivity contribution >= 4 is 11.9 Å². The highest BCUT2D eigenvalue weighted by Gasteiger charge is 2.43. The van der Waals surface area contributed by atoms with Crippen molar-refractivity contribution in [1.29, 1.82) is 0 Å². The number of aromatic amines is 1. The zero-order valence-electron chi connectivity index (χ0n) is 9.08. The molecule has 1 aliphatic heterocycles. The number of hydrogen-bond acceptors (Lipinski definition) is 6. The van der Waals surface area contributed by atoms with Crippen LogP contribution in [-0.2, 0) is 9.53 Å². The van der Waals surface area contributed by atoms with Gasteiger partial charge in [-0.2, -0.15) is 5.21 Å². The number of ether oxygens (including phenoxy) is 1. The third-order valence-electron chi connectivity index (χ3n) is 2.42. The van der Waals surface area contributed by atoms with Gasteiger partial charge >= 0.3 is 5.97 Å². The molecule has 1 aromatic heterocycles. The second kappa shape index (κ2) is 4.09. The fraction of sp³-hybridized carbons (Fsp3) is 0.625. The van der Waals surface area contributed by atoms with Gasteiger partial charge in [0.1, 0.15) is 12.2 Å². The second-order valence-corrected chi connectivity index (χ2v) is 4.03. The molecule has 2 N–H and O–H groups in total. The first-order chi connectivity index (χ1) is 8.00. The summed E-state index contributed by atoms with van der Waals surface area (Å²) in [4.78, 5) is 23.5. The van der Waals surface area contributed by atoms with E-state index >= 15 is 0 Å². The van der Waals surface area contributed by atoms with Gasteiger partial charge in [-0.25, -0.2) is 4.79 Å². The largest absolute Gasteiger partial charge is 0.480 e. The van der Waals surface area contributed by atoms with Crippen molar-refractivity contribution in [2.75, 3.05) is 19.7 Å². The van der Waals surface area contributed by atoms with E-state index in [4.69, 9.17) is 9.84 Å². The first-order valence-electron chi connectivity index (χ1n) is 4.89. The number of H-pyrrole nitrogens is 1. The van der Waals surface area contributed by atoms with Gasteiger partial charge in [-0.15, -0.1) is 10.2 Å². The number of hydrogen-bond donors (Lipinski definition) is 2. The Hall–Kier alpha value is -2.03. The lowest BCUT2D eigenvalue weighted by molar-refractivity contribution is -0.160. The minimum atomic E-state index is -1.03. The average Bonchev–Trinajstić information content (AvgIpc) is 2.74. The van der Waals surface area contributed by atoms with E-state index in [1.807, 2.05) is 0 Å². The van der Waals surface area contributed by atoms with Gasteiger partial charge in [0.05, 0.1) is 13.1 Å². The minimum Gasteiger partial charge on any atom is -0.480 e. The summed E-state index contributed by atoms with van der Waals surface area (Å²) in [5.74, 6) is -1.39. The predicted octanol–water partition coefficient (Wildman–Crippen LogP) is -1.48. The molecule has 2 rings (SSSR count). The maximum absolute atomic E-state index is 11.7. The Morgan fingerprint density at radius 3 is 2.82 bits per heavy atom. The zero-order chi connectivity index (χ0) is 12.5. The van der Waals surface area contributed by atoms with Crippen LogP contribution < -0.4 is 0 Å². The number of carboxylic acid groups (broad SMARTS) is 1. The molecule has 2 heterocycles. The molecule has 1 aromatic rings. The van der Waals surface area contributed by atoms with Crippen LogP contribution in [0.1, 0.15) is 17.5 Å². The quantitative estimate of drug-likeness (QED) is 0.658. The van der Waals surface area contributed by atoms with Crippen LogP contribution in [0.4, 0.5) is 0 Å². The molecule has 17 heavy (non-hydrogen) atoms. The Bertz CT molecular complexity index is 425. The standard InChI is InChI=1S/C8H11N5O4/c1-8(17-2-5(14)15)3-13(4-8)7(16)6-9-11-12-10-6/h2-4H2,1H3,(H,14,15)(H,9,10,11,12). The molecular weight excluding hydrogens is 230 g/mol. The van der Waals surface area contributed by atoms with Crippen LogP contribution in [0, 0.1) is 0 Å². The molecule has 9 heteroatoms. The summed E-state index contributed by atoms with van der Waals surface area (Å²) in [6.07, 6.45) is 0. The molecule has 1 fully saturated rings. The molecule has 0 atom stereocenters. The predicted molar refractivity (Wildman–Crippen MR) is 52.1 cm³/mol. The summed E-state index contributed by atoms with van der Waals surface area (Å²) < 4.78 is 5.17. The monoisotopic (exact) mass is 241 g/mol. The van der Waals surface area contributed by atoms with E-state index in [-0.39, 0.29) is 18.3 Å². The van der Waals surface area contributed by atoms with E-state index in [0.29, 0.717) is 13.1 Å². The van der Waals surface area contributed by atoms with Crippen LogP contribution in [0.15, 0.2) is 0 Å². The molecule has 1 saturated heterocycles. The molecule has 0 radical (unpaired) electrons. The third kappa shape index (κ3) is 2.38. The van der Waals surface area contributed by atoms with E-state index in [2.05, 4.69) is 20.6 Å². The Morgan fingerprint density at radius 2 is 2.29 bits per heavy atom. The number of aromatic nitrogens is 4. The second-order valence-electron chi connectivity index (χ2n) is 4.03. The van der Waals surface area contributed by atoms with Crippen molar-refractivity contribution < 1.29 is 19.4 Å². The number of nitrogens with one attached hydrogen (secondary N) is 1. The van der Waals surface area contributed by atoms with Crippen LogP contribution in [0.3, 0.4) is 0 Å². The molecule has 92 valence electrons. The van der Waals surface area contributed by atoms with Crippen molar-refractivity contribution in [2.24, 2.45) is 0 Å². The van der Waals surface area contributed by atoms with E-state index < -0.39 is 11.6 Å². The Kier molecular flexibility index (Phi) is 2.76. The molecule has 0 unspecified atom stereocenters. The number of likely N-dealkylation sites (tertiary alicyclic amines) is 1. The summed E-state index contributed by atoms with van der Waals surface area (Å²) in [5.41, 5.74) is -0.613. The third-order valence-corrected chi connectivity index (χ3v) is 2.42. The van der Waals surface area contributed by atoms with Gasteiger partial charge < -0.3 is 14.7 Å². The Labute approximate surface area is 95.7 Å². The lowest BCUT2D eigenvalue weighted by Crippen LogP contribution is -2.63. The molecule has 1 aliphatic rings. The highest BCUT2D eigenvalue weighted by atomic mass is 16.5. The topological polar surface area (TPSA) is 121 Å². The van der Waals surface area contributed by atoms with Gasteiger partial charge in [0.2, 0.25) is 0 Å². The summed E-state index contributed by atoms with van der Waals surface area (Å²) in [7, 11) is 0. The normalized spacial score (nSPS) is 17.6. The van der Waals surface area contributed by atoms with Crippen molar-refractivity contribution in [3.8, 4) is 0 Å². The van der Waals surface area contributed by atoms with E-state index in [1.165, 1.54) is 4.90 Å². The van der Waals surface area contributed by atoms with Gasteiger partial charge in [-0.05, 0) is 12.1 Å². The number of amides is 1. The smallest absolute Gasteiger partial charge is 0.329 e. The Morgan fingerprint density at radius 1 is 1.59 bits per heavy atom. The molecule has 0 spiro atoms. The van der Waals surface area contributed by atoms with E-state index in [9.17, 15) is 9.59 Å². The molecular formula is C8H11N5O4. The van der Waals surface area contributed by atoms with Crippen molar-refractivity contribution in [3.05, 3.63) is 5.82 Å². The molecule has 0 aromatic carbocycles. The number of rotatable bonds is 4. The van der Waals surface area contributed by atoms with Crippen LogP contribution in [0.2, 0.25) is 0 Å². The number of tetrazole rings is 1. The van der Waals surface area contributed by atoms with Gasteiger partial charge in [-0.3, -0.25) is 4.79 Å². The minimum absolute atomic E-state index is 0.00900. The maximum atomic E-state index is 11.7. The van der Waals surface area contributed by atoms with E-state index in [0.717, 1.165) is 0 Å². The van der Waals surface area contributed by atoms with Crippen LogP contribution in [0.5, 0.6) is 0 Å². The summed E-state index contributed by atoms with van der Waals surface area (Å²) in [6, 6.07) is 0. The summed E-state index contributed by atoms with van der Waals surface area (Å²) in [5, 5.41) is 21.1. The summed E-state index contributed by atoms with van der Waals surface area (Å²) >= 11 is 0. The summed E-state index contributed by atoms with van der Waals surface area (Å²) in [6.45, 7) is 2.00. The molecule has 0 aliphatic carbocycles. The van der Waals surface area contributed by atoms with Gasteiger partial charge in [0, 0.05) is 0 Å². The number of carboxylic acids is 1. The lowest BCUT2D eigenvalue weighted by Gasteiger charge is -2.46. The SMILES string of the molecule is CC1(OCC(=O)O)CN(C(=O)c2nn[nH]n2)C1. The van der Waals surface area contributed by atoms with Gasteiger partial charge in [0.25, 0.3) is 11.7 Å². The zero-order valence-corrected chi connectivity index (χ0v) is 9.08. The van der Waals surface area contributed by atoms with E-state index in [1.54, 1.807) is 6.92 Å². The van der Waals surface area contributed by atoms with Gasteiger partial charge in [-0.1, -0.05) is 0 Å². The fourth-order valence-corrected chi connectivity index (χ4v) is 1.63. The molecule has 0 bridgehead atoms. The Balaban J connectivity index is 1.86. The van der Waals surface area contributed by atoms with Crippen LogP contribution in [0.25, 0.3) is 0 Å². The molecule has 9 nitrogen and oxygen atoms in total. The maximum Gasteiger partial charge on any atom is 0.329 e. The van der Waals surface area contributed by atoms with Crippen LogP contribution in [-0.4, -0.2) is 67.8 Å². The number of carbonyl (C=O) groups excluding carboxylic acids is 1. The highest BCUT2D eigenvalue weighted by Crippen LogP contribution is 2.25. The van der Waals surface area contributed by atoms with Crippen molar-refractivity contribution in [2.45, 2.75) is 12.5 Å².